The van der Waals surface area contributed by atoms with Gasteiger partial charge in [0.15, 0.2) is 5.16 Å². The molecule has 2 rings (SSSR count). The fourth-order valence-electron chi connectivity index (χ4n) is 2.10. The average molecular weight is 329 g/mol. The Morgan fingerprint density at radius 3 is 2.86 bits per heavy atom. The lowest BCUT2D eigenvalue weighted by Crippen LogP contribution is -2.17. The van der Waals surface area contributed by atoms with Crippen LogP contribution in [0, 0.1) is 0 Å². The predicted molar refractivity (Wildman–Crippen MR) is 80.3 cm³/mol. The molecule has 0 spiro atoms. The van der Waals surface area contributed by atoms with Crippen LogP contribution in [0.5, 0.6) is 0 Å². The van der Waals surface area contributed by atoms with Gasteiger partial charge in [-0.1, -0.05) is 11.8 Å². The highest BCUT2D eigenvalue weighted by atomic mass is 32.2. The standard InChI is InChI=1S/C12H15N3O4S2/c1-8(7-21(2,18)19)15-10-3-4-13-5-9(10)14-12(15)20-6-11(16)17/h3-5,8H,6-7H2,1-2H3,(H,16,17). The van der Waals surface area contributed by atoms with E-state index in [1.54, 1.807) is 30.0 Å². The van der Waals surface area contributed by atoms with Crippen LogP contribution in [0.15, 0.2) is 23.6 Å². The number of rotatable bonds is 6. The molecule has 0 fully saturated rings. The molecule has 0 radical (unpaired) electrons. The summed E-state index contributed by atoms with van der Waals surface area (Å²) in [6.07, 6.45) is 4.34. The van der Waals surface area contributed by atoms with E-state index in [4.69, 9.17) is 5.11 Å². The van der Waals surface area contributed by atoms with Gasteiger partial charge in [-0.15, -0.1) is 0 Å². The maximum absolute atomic E-state index is 11.5. The maximum atomic E-state index is 11.5. The average Bonchev–Trinajstić information content (AvgIpc) is 2.72. The minimum atomic E-state index is -3.16. The second-order valence-corrected chi connectivity index (χ2v) is 7.88. The monoisotopic (exact) mass is 329 g/mol. The van der Waals surface area contributed by atoms with Gasteiger partial charge >= 0.3 is 5.97 Å². The summed E-state index contributed by atoms with van der Waals surface area (Å²) in [5.74, 6) is -1.13. The van der Waals surface area contributed by atoms with Crippen LogP contribution in [0.1, 0.15) is 13.0 Å². The summed E-state index contributed by atoms with van der Waals surface area (Å²) in [6, 6.07) is 1.40. The lowest BCUT2D eigenvalue weighted by Gasteiger charge is -2.16. The Labute approximate surface area is 126 Å². The molecular weight excluding hydrogens is 314 g/mol. The Hall–Kier alpha value is -1.61. The highest BCUT2D eigenvalue weighted by Crippen LogP contribution is 2.27. The number of aliphatic carboxylic acids is 1. The van der Waals surface area contributed by atoms with E-state index in [1.165, 1.54) is 6.26 Å². The van der Waals surface area contributed by atoms with Crippen LogP contribution in [0.4, 0.5) is 0 Å². The van der Waals surface area contributed by atoms with E-state index < -0.39 is 15.8 Å². The molecular formula is C12H15N3O4S2. The number of pyridine rings is 1. The molecule has 2 aromatic rings. The molecule has 9 heteroatoms. The van der Waals surface area contributed by atoms with E-state index in [2.05, 4.69) is 9.97 Å². The lowest BCUT2D eigenvalue weighted by molar-refractivity contribution is -0.133. The van der Waals surface area contributed by atoms with Crippen molar-refractivity contribution in [1.29, 1.82) is 0 Å². The van der Waals surface area contributed by atoms with Gasteiger partial charge in [-0.2, -0.15) is 0 Å². The van der Waals surface area contributed by atoms with Gasteiger partial charge in [0.25, 0.3) is 0 Å². The van der Waals surface area contributed by atoms with Crippen LogP contribution >= 0.6 is 11.8 Å². The molecule has 1 N–H and O–H groups in total. The minimum absolute atomic E-state index is 0.0403. The molecule has 0 saturated heterocycles. The minimum Gasteiger partial charge on any atom is -0.481 e. The third-order valence-corrected chi connectivity index (χ3v) is 4.79. The van der Waals surface area contributed by atoms with Gasteiger partial charge in [-0.05, 0) is 13.0 Å². The van der Waals surface area contributed by atoms with E-state index in [9.17, 15) is 13.2 Å². The van der Waals surface area contributed by atoms with E-state index >= 15 is 0 Å². The fraction of sp³-hybridized carbons (Fsp3) is 0.417. The van der Waals surface area contributed by atoms with Crippen molar-refractivity contribution < 1.29 is 18.3 Å². The van der Waals surface area contributed by atoms with Crippen LogP contribution < -0.4 is 0 Å². The predicted octanol–water partition coefficient (Wildman–Crippen LogP) is 1.21. The smallest absolute Gasteiger partial charge is 0.313 e. The van der Waals surface area contributed by atoms with E-state index in [0.29, 0.717) is 10.7 Å². The molecule has 0 aliphatic carbocycles. The first-order valence-corrected chi connectivity index (χ1v) is 9.17. The number of thioether (sulfide) groups is 1. The number of carboxylic acid groups (broad SMARTS) is 1. The summed E-state index contributed by atoms with van der Waals surface area (Å²) in [5, 5.41) is 9.28. The van der Waals surface area contributed by atoms with E-state index in [-0.39, 0.29) is 17.5 Å². The number of imidazole rings is 1. The molecule has 0 aromatic carbocycles. The number of carboxylic acids is 1. The summed E-state index contributed by atoms with van der Waals surface area (Å²) in [4.78, 5) is 19.0. The summed E-state index contributed by atoms with van der Waals surface area (Å²) in [5.41, 5.74) is 1.36. The van der Waals surface area contributed by atoms with Gasteiger partial charge in [-0.3, -0.25) is 9.78 Å². The van der Waals surface area contributed by atoms with Crippen molar-refractivity contribution in [2.24, 2.45) is 0 Å². The third kappa shape index (κ3) is 3.94. The molecule has 0 bridgehead atoms. The summed E-state index contributed by atoms with van der Waals surface area (Å²) < 4.78 is 24.8. The lowest BCUT2D eigenvalue weighted by atomic mass is 10.3. The van der Waals surface area contributed by atoms with Gasteiger partial charge in [0, 0.05) is 18.5 Å². The largest absolute Gasteiger partial charge is 0.481 e. The second kappa shape index (κ2) is 6.02. The Kier molecular flexibility index (Phi) is 4.52. The van der Waals surface area contributed by atoms with Crippen molar-refractivity contribution in [2.45, 2.75) is 18.1 Å². The quantitative estimate of drug-likeness (QED) is 0.795. The topological polar surface area (TPSA) is 102 Å². The summed E-state index contributed by atoms with van der Waals surface area (Å²) >= 11 is 1.06. The molecule has 7 nitrogen and oxygen atoms in total. The van der Waals surface area contributed by atoms with Crippen LogP contribution in [0.2, 0.25) is 0 Å². The van der Waals surface area contributed by atoms with Gasteiger partial charge in [0.2, 0.25) is 0 Å². The normalized spacial score (nSPS) is 13.4. The molecule has 114 valence electrons. The Bertz CT molecular complexity index is 770. The number of nitrogens with zero attached hydrogens (tertiary/aromatic N) is 3. The van der Waals surface area contributed by atoms with Crippen LogP contribution in [-0.4, -0.2) is 51.8 Å². The molecule has 21 heavy (non-hydrogen) atoms. The number of aromatic nitrogens is 3. The molecule has 0 aliphatic rings. The molecule has 2 aromatic heterocycles. The maximum Gasteiger partial charge on any atom is 0.313 e. The number of fused-ring (bicyclic) bond motifs is 1. The van der Waals surface area contributed by atoms with Crippen molar-refractivity contribution in [2.75, 3.05) is 17.8 Å². The van der Waals surface area contributed by atoms with Gasteiger partial charge in [0.1, 0.15) is 15.4 Å². The summed E-state index contributed by atoms with van der Waals surface area (Å²) in [6.45, 7) is 1.77. The van der Waals surface area contributed by atoms with Crippen molar-refractivity contribution in [3.63, 3.8) is 0 Å². The van der Waals surface area contributed by atoms with Gasteiger partial charge in [0.05, 0.1) is 23.2 Å². The first-order valence-electron chi connectivity index (χ1n) is 6.12. The third-order valence-electron chi connectivity index (χ3n) is 2.77. The molecule has 2 heterocycles. The van der Waals surface area contributed by atoms with Crippen molar-refractivity contribution >= 4 is 38.6 Å². The van der Waals surface area contributed by atoms with Crippen molar-refractivity contribution in [3.8, 4) is 0 Å². The SMILES string of the molecule is CC(CS(C)(=O)=O)n1c(SCC(=O)O)nc2cnccc21. The number of hydrogen-bond acceptors (Lipinski definition) is 6. The first kappa shape index (κ1) is 15.8. The zero-order valence-corrected chi connectivity index (χ0v) is 13.2. The molecule has 0 aliphatic heterocycles. The van der Waals surface area contributed by atoms with Crippen LogP contribution in [0.3, 0.4) is 0 Å². The highest BCUT2D eigenvalue weighted by molar-refractivity contribution is 7.99. The van der Waals surface area contributed by atoms with E-state index in [0.717, 1.165) is 17.3 Å². The van der Waals surface area contributed by atoms with Crippen LogP contribution in [-0.2, 0) is 14.6 Å². The van der Waals surface area contributed by atoms with Gasteiger partial charge < -0.3 is 9.67 Å². The zero-order valence-electron chi connectivity index (χ0n) is 11.6. The highest BCUT2D eigenvalue weighted by Gasteiger charge is 2.20. The second-order valence-electron chi connectivity index (χ2n) is 4.75. The Balaban J connectivity index is 2.46. The first-order chi connectivity index (χ1) is 9.78. The summed E-state index contributed by atoms with van der Waals surface area (Å²) in [7, 11) is -3.16. The number of sulfone groups is 1. The Morgan fingerprint density at radius 1 is 1.52 bits per heavy atom. The van der Waals surface area contributed by atoms with Crippen molar-refractivity contribution in [1.82, 2.24) is 14.5 Å². The number of carbonyl (C=O) groups is 1. The van der Waals surface area contributed by atoms with Gasteiger partial charge in [-0.25, -0.2) is 13.4 Å². The van der Waals surface area contributed by atoms with E-state index in [1.807, 2.05) is 0 Å². The molecule has 0 amide bonds. The molecule has 1 atom stereocenters. The van der Waals surface area contributed by atoms with Crippen LogP contribution in [0.25, 0.3) is 11.0 Å². The van der Waals surface area contributed by atoms with Crippen molar-refractivity contribution in [3.05, 3.63) is 18.5 Å². The fourth-order valence-corrected chi connectivity index (χ4v) is 3.95. The molecule has 0 saturated carbocycles. The molecule has 1 unspecified atom stereocenters. The zero-order chi connectivity index (χ0) is 15.6. The Morgan fingerprint density at radius 2 is 2.24 bits per heavy atom. The number of hydrogen-bond donors (Lipinski definition) is 1.